The van der Waals surface area contributed by atoms with Crippen LogP contribution < -0.4 is 0 Å². The summed E-state index contributed by atoms with van der Waals surface area (Å²) in [6, 6.07) is 7.22. The third-order valence-corrected chi connectivity index (χ3v) is 4.07. The van der Waals surface area contributed by atoms with E-state index in [1.54, 1.807) is 0 Å². The van der Waals surface area contributed by atoms with Crippen LogP contribution in [0.3, 0.4) is 0 Å². The van der Waals surface area contributed by atoms with E-state index in [0.717, 1.165) is 0 Å². The van der Waals surface area contributed by atoms with E-state index in [4.69, 9.17) is 5.10 Å². The fraction of sp³-hybridized carbons (Fsp3) is 0.550. The van der Waals surface area contributed by atoms with Crippen LogP contribution in [0.5, 0.6) is 0 Å². The monoisotopic (exact) mass is 404 g/mol. The zero-order valence-electron chi connectivity index (χ0n) is 15.7. The maximum absolute atomic E-state index is 4.98. The summed E-state index contributed by atoms with van der Waals surface area (Å²) in [5.41, 5.74) is 7.89. The fourth-order valence-electron chi connectivity index (χ4n) is 3.23. The van der Waals surface area contributed by atoms with Crippen molar-refractivity contribution >= 4 is 0 Å². The summed E-state index contributed by atoms with van der Waals surface area (Å²) in [5, 5.41) is 4.98. The summed E-state index contributed by atoms with van der Waals surface area (Å²) >= 11 is 0. The Kier molecular flexibility index (Phi) is 6.81. The average molecular weight is 405 g/mol. The van der Waals surface area contributed by atoms with Crippen molar-refractivity contribution in [3.63, 3.8) is 0 Å². The van der Waals surface area contributed by atoms with Crippen LogP contribution in [0.2, 0.25) is 0 Å². The largest absolute Gasteiger partial charge is 0.266 e. The van der Waals surface area contributed by atoms with Gasteiger partial charge in [0.2, 0.25) is 0 Å². The van der Waals surface area contributed by atoms with Gasteiger partial charge in [-0.2, -0.15) is 5.10 Å². The van der Waals surface area contributed by atoms with Gasteiger partial charge in [0, 0.05) is 37.7 Å². The zero-order chi connectivity index (χ0) is 16.6. The van der Waals surface area contributed by atoms with Crippen LogP contribution in [0.15, 0.2) is 18.2 Å². The Morgan fingerprint density at radius 2 is 1.35 bits per heavy atom. The first-order valence-electron chi connectivity index (χ1n) is 8.43. The molecule has 130 valence electrons. The summed E-state index contributed by atoms with van der Waals surface area (Å²) in [6.45, 7) is 17.8. The standard InChI is InChI=1S/C20H30N2.Pd/c1-12(2)19-18(17-10-15(7)9-16(8)11-17)20(13(3)4)22(21-19)14(5)6;/h9-14H,1-8H3;. The van der Waals surface area contributed by atoms with Gasteiger partial charge in [0.25, 0.3) is 0 Å². The van der Waals surface area contributed by atoms with Crippen molar-refractivity contribution in [1.82, 2.24) is 9.78 Å². The van der Waals surface area contributed by atoms with Gasteiger partial charge in [0.1, 0.15) is 0 Å². The Hall–Kier alpha value is -0.908. The van der Waals surface area contributed by atoms with Crippen molar-refractivity contribution in [3.8, 4) is 11.1 Å². The number of hydrogen-bond acceptors (Lipinski definition) is 1. The molecule has 0 bridgehead atoms. The molecule has 23 heavy (non-hydrogen) atoms. The number of aryl methyl sites for hydroxylation is 2. The van der Waals surface area contributed by atoms with Crippen molar-refractivity contribution in [1.29, 1.82) is 0 Å². The molecule has 0 aliphatic carbocycles. The molecule has 2 rings (SSSR count). The van der Waals surface area contributed by atoms with Gasteiger partial charge in [-0.15, -0.1) is 0 Å². The predicted molar refractivity (Wildman–Crippen MR) is 95.7 cm³/mol. The smallest absolute Gasteiger partial charge is 0.0731 e. The van der Waals surface area contributed by atoms with Crippen molar-refractivity contribution < 1.29 is 20.4 Å². The third kappa shape index (κ3) is 4.14. The minimum Gasteiger partial charge on any atom is -0.266 e. The van der Waals surface area contributed by atoms with E-state index < -0.39 is 0 Å². The molecule has 0 aliphatic heterocycles. The molecule has 0 atom stereocenters. The molecule has 0 amide bonds. The molecule has 2 aromatic rings. The van der Waals surface area contributed by atoms with Gasteiger partial charge in [-0.05, 0) is 45.1 Å². The Morgan fingerprint density at radius 3 is 1.74 bits per heavy atom. The van der Waals surface area contributed by atoms with Crippen LogP contribution >= 0.6 is 0 Å². The van der Waals surface area contributed by atoms with Crippen molar-refractivity contribution in [3.05, 3.63) is 40.7 Å². The van der Waals surface area contributed by atoms with Gasteiger partial charge in [0.15, 0.2) is 0 Å². The second-order valence-electron chi connectivity index (χ2n) is 7.37. The van der Waals surface area contributed by atoms with Crippen LogP contribution in [-0.4, -0.2) is 9.78 Å². The van der Waals surface area contributed by atoms with Crippen molar-refractivity contribution in [2.45, 2.75) is 73.3 Å². The minimum absolute atomic E-state index is 0. The van der Waals surface area contributed by atoms with E-state index in [0.29, 0.717) is 17.9 Å². The van der Waals surface area contributed by atoms with Crippen LogP contribution in [0.4, 0.5) is 0 Å². The molecule has 0 aliphatic rings. The van der Waals surface area contributed by atoms with Gasteiger partial charge in [-0.3, -0.25) is 4.68 Å². The molecule has 2 nitrogen and oxygen atoms in total. The van der Waals surface area contributed by atoms with Gasteiger partial charge in [-0.1, -0.05) is 57.0 Å². The molecule has 1 heterocycles. The van der Waals surface area contributed by atoms with Gasteiger partial charge in [0.05, 0.1) is 5.69 Å². The molecule has 1 aromatic carbocycles. The van der Waals surface area contributed by atoms with E-state index in [-0.39, 0.29) is 20.4 Å². The predicted octanol–water partition coefficient (Wildman–Crippen LogP) is 5.99. The first-order valence-corrected chi connectivity index (χ1v) is 8.43. The van der Waals surface area contributed by atoms with Crippen molar-refractivity contribution in [2.24, 2.45) is 0 Å². The van der Waals surface area contributed by atoms with Crippen LogP contribution in [0.25, 0.3) is 11.1 Å². The second kappa shape index (κ2) is 7.78. The van der Waals surface area contributed by atoms with Crippen LogP contribution in [0.1, 0.15) is 81.9 Å². The summed E-state index contributed by atoms with van der Waals surface area (Å²) in [5.74, 6) is 0.881. The van der Waals surface area contributed by atoms with Gasteiger partial charge >= 0.3 is 0 Å². The van der Waals surface area contributed by atoms with Crippen LogP contribution in [-0.2, 0) is 20.4 Å². The molecule has 0 unspecified atom stereocenters. The normalized spacial score (nSPS) is 11.4. The molecule has 0 N–H and O–H groups in total. The number of hydrogen-bond donors (Lipinski definition) is 0. The number of nitrogens with zero attached hydrogens (tertiary/aromatic N) is 2. The zero-order valence-corrected chi connectivity index (χ0v) is 17.2. The van der Waals surface area contributed by atoms with Gasteiger partial charge < -0.3 is 0 Å². The number of rotatable bonds is 4. The van der Waals surface area contributed by atoms with Gasteiger partial charge in [-0.25, -0.2) is 0 Å². The molecule has 0 spiro atoms. The van der Waals surface area contributed by atoms with E-state index in [1.165, 1.54) is 33.6 Å². The maximum Gasteiger partial charge on any atom is 0.0731 e. The fourth-order valence-corrected chi connectivity index (χ4v) is 3.23. The summed E-state index contributed by atoms with van der Waals surface area (Å²) in [6.07, 6.45) is 0. The summed E-state index contributed by atoms with van der Waals surface area (Å²) in [7, 11) is 0. The van der Waals surface area contributed by atoms with E-state index >= 15 is 0 Å². The molecular weight excluding hydrogens is 375 g/mol. The first-order chi connectivity index (χ1) is 10.2. The van der Waals surface area contributed by atoms with Crippen molar-refractivity contribution in [2.75, 3.05) is 0 Å². The SMILES string of the molecule is Cc1cc(C)cc(-c2c(C(C)C)nn(C(C)C)c2C(C)C)c1.[Pd]. The molecule has 0 saturated carbocycles. The quantitative estimate of drug-likeness (QED) is 0.572. The van der Waals surface area contributed by atoms with Crippen LogP contribution in [0, 0.1) is 13.8 Å². The van der Waals surface area contributed by atoms with E-state index in [9.17, 15) is 0 Å². The maximum atomic E-state index is 4.98. The Balaban J connectivity index is 0.00000264. The van der Waals surface area contributed by atoms with E-state index in [2.05, 4.69) is 78.3 Å². The second-order valence-corrected chi connectivity index (χ2v) is 7.37. The molecule has 1 aromatic heterocycles. The van der Waals surface area contributed by atoms with E-state index in [1.807, 2.05) is 0 Å². The Bertz CT molecular complexity index is 646. The third-order valence-electron chi connectivity index (χ3n) is 4.07. The Morgan fingerprint density at radius 1 is 0.826 bits per heavy atom. The average Bonchev–Trinajstić information content (AvgIpc) is 2.77. The minimum atomic E-state index is 0. The number of benzene rings is 1. The molecule has 0 radical (unpaired) electrons. The first kappa shape index (κ1) is 20.1. The summed E-state index contributed by atoms with van der Waals surface area (Å²) < 4.78 is 2.23. The molecule has 0 fully saturated rings. The topological polar surface area (TPSA) is 17.8 Å². The molecule has 3 heteroatoms. The molecule has 0 saturated heterocycles. The molecular formula is C20H30N2Pd. The summed E-state index contributed by atoms with van der Waals surface area (Å²) in [4.78, 5) is 0. The Labute approximate surface area is 155 Å². The number of aromatic nitrogens is 2.